The second-order valence-corrected chi connectivity index (χ2v) is 2.22. The molecule has 0 spiro atoms. The van der Waals surface area contributed by atoms with E-state index in [0.29, 0.717) is 11.6 Å². The molecule has 0 aliphatic heterocycles. The smallest absolute Gasteiger partial charge is 0.290 e. The fourth-order valence-electron chi connectivity index (χ4n) is 0.837. The second-order valence-electron chi connectivity index (χ2n) is 2.22. The minimum Gasteiger partial charge on any atom is -0.481 e. The first kappa shape index (κ1) is 12.3. The molecule has 1 rings (SSSR count). The largest absolute Gasteiger partial charge is 0.481 e. The van der Waals surface area contributed by atoms with Crippen LogP contribution in [0.4, 0.5) is 5.69 Å². The van der Waals surface area contributed by atoms with Gasteiger partial charge in [0.05, 0.1) is 12.0 Å². The lowest BCUT2D eigenvalue weighted by Crippen LogP contribution is -1.95. The predicted octanol–water partition coefficient (Wildman–Crippen LogP) is 2.33. The van der Waals surface area contributed by atoms with Crippen LogP contribution < -0.4 is 4.74 Å². The first-order valence-electron chi connectivity index (χ1n) is 4.31. The first-order valence-corrected chi connectivity index (χ1v) is 4.31. The monoisotopic (exact) mass is 198 g/mol. The number of aryl methyl sites for hydroxylation is 1. The Morgan fingerprint density at radius 1 is 1.43 bits per heavy atom. The number of methoxy groups -OCH3 is 1. The van der Waals surface area contributed by atoms with Gasteiger partial charge in [0.15, 0.2) is 0 Å². The Balaban J connectivity index is 0.000000791. The third kappa shape index (κ3) is 3.01. The maximum atomic E-state index is 10.3. The molecule has 0 unspecified atom stereocenters. The summed E-state index contributed by atoms with van der Waals surface area (Å²) in [6, 6.07) is 2.84. The molecule has 0 saturated heterocycles. The molecule has 0 amide bonds. The molecule has 0 saturated carbocycles. The lowest BCUT2D eigenvalue weighted by atomic mass is 10.3. The van der Waals surface area contributed by atoms with Crippen molar-refractivity contribution in [2.75, 3.05) is 7.11 Å². The molecule has 0 aliphatic rings. The van der Waals surface area contributed by atoms with Crippen molar-refractivity contribution in [3.8, 4) is 5.88 Å². The van der Waals surface area contributed by atoms with Crippen LogP contribution in [0.15, 0.2) is 12.1 Å². The highest BCUT2D eigenvalue weighted by Crippen LogP contribution is 2.18. The van der Waals surface area contributed by atoms with E-state index in [-0.39, 0.29) is 5.69 Å². The van der Waals surface area contributed by atoms with Crippen LogP contribution in [0, 0.1) is 17.0 Å². The molecule has 0 fully saturated rings. The van der Waals surface area contributed by atoms with Gasteiger partial charge in [-0.1, -0.05) is 13.8 Å². The Morgan fingerprint density at radius 3 is 2.36 bits per heavy atom. The standard InChI is InChI=1S/C7H8N2O3.C2H6/c1-5-6(9(10)11)3-4-7(8-5)12-2;1-2/h3-4H,1-2H3;1-2H3. The zero-order chi connectivity index (χ0) is 11.1. The van der Waals surface area contributed by atoms with Crippen LogP contribution in [0.1, 0.15) is 19.5 Å². The second kappa shape index (κ2) is 5.90. The highest BCUT2D eigenvalue weighted by molar-refractivity contribution is 5.36. The van der Waals surface area contributed by atoms with Gasteiger partial charge in [-0.25, -0.2) is 4.98 Å². The van der Waals surface area contributed by atoms with Crippen LogP contribution in [0.2, 0.25) is 0 Å². The maximum Gasteiger partial charge on any atom is 0.290 e. The number of rotatable bonds is 2. The summed E-state index contributed by atoms with van der Waals surface area (Å²) in [5.74, 6) is 0.387. The van der Waals surface area contributed by atoms with Crippen LogP contribution in [0.5, 0.6) is 5.88 Å². The zero-order valence-electron chi connectivity index (χ0n) is 8.77. The molecule has 5 nitrogen and oxygen atoms in total. The molecule has 1 heterocycles. The number of hydrogen-bond donors (Lipinski definition) is 0. The summed E-state index contributed by atoms with van der Waals surface area (Å²) in [6.07, 6.45) is 0. The van der Waals surface area contributed by atoms with Crippen LogP contribution in [-0.2, 0) is 0 Å². The van der Waals surface area contributed by atoms with E-state index in [4.69, 9.17) is 4.74 Å². The van der Waals surface area contributed by atoms with Crippen LogP contribution in [0.25, 0.3) is 0 Å². The zero-order valence-corrected chi connectivity index (χ0v) is 8.77. The van der Waals surface area contributed by atoms with Gasteiger partial charge in [0.25, 0.3) is 5.69 Å². The fourth-order valence-corrected chi connectivity index (χ4v) is 0.837. The third-order valence-electron chi connectivity index (χ3n) is 1.44. The minimum absolute atomic E-state index is 0.0100. The number of hydrogen-bond acceptors (Lipinski definition) is 4. The highest BCUT2D eigenvalue weighted by Gasteiger charge is 2.11. The Labute approximate surface area is 82.9 Å². The van der Waals surface area contributed by atoms with Crippen molar-refractivity contribution in [2.45, 2.75) is 20.8 Å². The normalized spacial score (nSPS) is 8.57. The molecule has 78 valence electrons. The third-order valence-corrected chi connectivity index (χ3v) is 1.44. The molecule has 0 aliphatic carbocycles. The van der Waals surface area contributed by atoms with Crippen LogP contribution in [-0.4, -0.2) is 17.0 Å². The van der Waals surface area contributed by atoms with Gasteiger partial charge in [0, 0.05) is 12.1 Å². The van der Waals surface area contributed by atoms with E-state index in [2.05, 4.69) is 4.98 Å². The molecule has 5 heteroatoms. The number of nitrogens with zero attached hydrogens (tertiary/aromatic N) is 2. The highest BCUT2D eigenvalue weighted by atomic mass is 16.6. The average molecular weight is 198 g/mol. The number of aromatic nitrogens is 1. The molecular weight excluding hydrogens is 184 g/mol. The number of ether oxygens (including phenoxy) is 1. The first-order chi connectivity index (χ1) is 6.65. The fraction of sp³-hybridized carbons (Fsp3) is 0.444. The Morgan fingerprint density at radius 2 is 2.00 bits per heavy atom. The molecule has 1 aromatic heterocycles. The number of nitro groups is 1. The van der Waals surface area contributed by atoms with Gasteiger partial charge in [0.1, 0.15) is 5.69 Å². The van der Waals surface area contributed by atoms with E-state index >= 15 is 0 Å². The lowest BCUT2D eigenvalue weighted by molar-refractivity contribution is -0.385. The van der Waals surface area contributed by atoms with Gasteiger partial charge in [0.2, 0.25) is 5.88 Å². The van der Waals surface area contributed by atoms with Gasteiger partial charge >= 0.3 is 0 Å². The number of pyridine rings is 1. The topological polar surface area (TPSA) is 65.3 Å². The molecule has 1 aromatic rings. The molecule has 0 atom stereocenters. The summed E-state index contributed by atoms with van der Waals surface area (Å²) >= 11 is 0. The lowest BCUT2D eigenvalue weighted by Gasteiger charge is -1.99. The summed E-state index contributed by atoms with van der Waals surface area (Å²) in [5.41, 5.74) is 0.371. The van der Waals surface area contributed by atoms with Crippen LogP contribution >= 0.6 is 0 Å². The van der Waals surface area contributed by atoms with Crippen molar-refractivity contribution in [3.63, 3.8) is 0 Å². The Hall–Kier alpha value is -1.65. The molecule has 0 bridgehead atoms. The van der Waals surface area contributed by atoms with Crippen molar-refractivity contribution in [1.29, 1.82) is 0 Å². The van der Waals surface area contributed by atoms with Gasteiger partial charge in [-0.2, -0.15) is 0 Å². The van der Waals surface area contributed by atoms with Gasteiger partial charge in [-0.15, -0.1) is 0 Å². The molecule has 0 N–H and O–H groups in total. The van der Waals surface area contributed by atoms with E-state index in [9.17, 15) is 10.1 Å². The summed E-state index contributed by atoms with van der Waals surface area (Å²) in [4.78, 5) is 13.7. The van der Waals surface area contributed by atoms with Gasteiger partial charge in [-0.05, 0) is 6.92 Å². The Bertz CT molecular complexity index is 313. The Kier molecular flexibility index (Phi) is 5.21. The SMILES string of the molecule is CC.COc1ccc([N+](=O)[O-])c(C)n1. The summed E-state index contributed by atoms with van der Waals surface area (Å²) in [6.45, 7) is 5.57. The van der Waals surface area contributed by atoms with Crippen molar-refractivity contribution >= 4 is 5.69 Å². The summed E-state index contributed by atoms with van der Waals surface area (Å²) < 4.78 is 4.80. The van der Waals surface area contributed by atoms with E-state index in [1.807, 2.05) is 13.8 Å². The molecular formula is C9H14N2O3. The van der Waals surface area contributed by atoms with E-state index in [1.54, 1.807) is 6.92 Å². The van der Waals surface area contributed by atoms with Crippen molar-refractivity contribution in [1.82, 2.24) is 4.98 Å². The van der Waals surface area contributed by atoms with E-state index in [1.165, 1.54) is 19.2 Å². The summed E-state index contributed by atoms with van der Waals surface area (Å²) in [5, 5.41) is 10.3. The van der Waals surface area contributed by atoms with E-state index < -0.39 is 4.92 Å². The van der Waals surface area contributed by atoms with E-state index in [0.717, 1.165) is 0 Å². The van der Waals surface area contributed by atoms with Crippen molar-refractivity contribution in [3.05, 3.63) is 27.9 Å². The predicted molar refractivity (Wildman–Crippen MR) is 53.5 cm³/mol. The molecule has 0 radical (unpaired) electrons. The quantitative estimate of drug-likeness (QED) is 0.540. The average Bonchev–Trinajstić information content (AvgIpc) is 2.20. The van der Waals surface area contributed by atoms with Crippen molar-refractivity contribution in [2.24, 2.45) is 0 Å². The maximum absolute atomic E-state index is 10.3. The van der Waals surface area contributed by atoms with Crippen LogP contribution in [0.3, 0.4) is 0 Å². The summed E-state index contributed by atoms with van der Waals surface area (Å²) in [7, 11) is 1.47. The molecule has 14 heavy (non-hydrogen) atoms. The van der Waals surface area contributed by atoms with Gasteiger partial charge < -0.3 is 4.74 Å². The van der Waals surface area contributed by atoms with Crippen molar-refractivity contribution < 1.29 is 9.66 Å². The van der Waals surface area contributed by atoms with Gasteiger partial charge in [-0.3, -0.25) is 10.1 Å². The minimum atomic E-state index is -0.470. The molecule has 0 aromatic carbocycles.